The van der Waals surface area contributed by atoms with Gasteiger partial charge < -0.3 is 14.4 Å². The number of esters is 1. The van der Waals surface area contributed by atoms with Gasteiger partial charge in [0.05, 0.1) is 12.7 Å². The Bertz CT molecular complexity index is 650. The van der Waals surface area contributed by atoms with Crippen molar-refractivity contribution in [1.82, 2.24) is 4.90 Å². The maximum absolute atomic E-state index is 12.2. The molecular weight excluding hydrogens is 390 g/mol. The van der Waals surface area contributed by atoms with Crippen LogP contribution in [0, 0.1) is 5.92 Å². The van der Waals surface area contributed by atoms with E-state index in [1.165, 1.54) is 7.11 Å². The average Bonchev–Trinajstić information content (AvgIpc) is 2.87. The monoisotopic (exact) mass is 425 g/mol. The van der Waals surface area contributed by atoms with Gasteiger partial charge in [0.25, 0.3) is 0 Å². The second kappa shape index (κ2) is 12.1. The highest BCUT2D eigenvalue weighted by Gasteiger charge is 2.27. The minimum Gasteiger partial charge on any atom is -0.465 e. The third-order valence-corrected chi connectivity index (χ3v) is 5.05. The Morgan fingerprint density at radius 3 is 2.34 bits per heavy atom. The summed E-state index contributed by atoms with van der Waals surface area (Å²) in [4.78, 5) is 26.0. The van der Waals surface area contributed by atoms with Crippen LogP contribution in [-0.2, 0) is 14.3 Å². The molecule has 0 radical (unpaired) electrons. The number of piperidine rings is 1. The van der Waals surface area contributed by atoms with Crippen molar-refractivity contribution in [2.24, 2.45) is 5.92 Å². The summed E-state index contributed by atoms with van der Waals surface area (Å²) in [5.41, 5.74) is 1.06. The fourth-order valence-corrected chi connectivity index (χ4v) is 3.57. The van der Waals surface area contributed by atoms with Crippen molar-refractivity contribution in [1.29, 1.82) is 0 Å². The number of amides is 1. The molecule has 2 aliphatic rings. The van der Waals surface area contributed by atoms with Crippen LogP contribution in [0.1, 0.15) is 66.7 Å². The van der Waals surface area contributed by atoms with Crippen LogP contribution in [0.25, 0.3) is 0 Å². The molecule has 0 saturated carbocycles. The summed E-state index contributed by atoms with van der Waals surface area (Å²) in [5.74, 6) is 0.190. The molecule has 0 aromatic heterocycles. The predicted octanol–water partition coefficient (Wildman–Crippen LogP) is 5.99. The van der Waals surface area contributed by atoms with Gasteiger partial charge in [-0.25, -0.2) is 9.59 Å². The number of halogens is 1. The molecule has 29 heavy (non-hydrogen) atoms. The molecule has 1 aliphatic carbocycles. The lowest BCUT2D eigenvalue weighted by atomic mass is 9.89. The lowest BCUT2D eigenvalue weighted by Crippen LogP contribution is -2.41. The summed E-state index contributed by atoms with van der Waals surface area (Å²) in [6.45, 7) is 11.1. The lowest BCUT2D eigenvalue weighted by Gasteiger charge is -2.33. The lowest BCUT2D eigenvalue weighted by molar-refractivity contribution is -0.135. The number of hydrogen-bond donors (Lipinski definition) is 0. The SMILES string of the molecule is CC.COC(=O)C1=CCC=C(Cl)C=C1CCC1CCN(C(=O)OC(C)(C)C)CC1. The van der Waals surface area contributed by atoms with Crippen LogP contribution in [-0.4, -0.2) is 42.8 Å². The van der Waals surface area contributed by atoms with Crippen molar-refractivity contribution in [3.63, 3.8) is 0 Å². The van der Waals surface area contributed by atoms with Crippen molar-refractivity contribution in [3.8, 4) is 0 Å². The Morgan fingerprint density at radius 1 is 1.17 bits per heavy atom. The first-order valence-corrected chi connectivity index (χ1v) is 10.9. The van der Waals surface area contributed by atoms with Crippen molar-refractivity contribution in [2.45, 2.75) is 72.3 Å². The minimum atomic E-state index is -0.469. The molecule has 0 bridgehead atoms. The Kier molecular flexibility index (Phi) is 10.5. The number of allylic oxidation sites excluding steroid dienone is 4. The van der Waals surface area contributed by atoms with E-state index >= 15 is 0 Å². The molecule has 0 unspecified atom stereocenters. The van der Waals surface area contributed by atoms with Crippen LogP contribution >= 0.6 is 11.6 Å². The molecular formula is C23H36ClNO4. The van der Waals surface area contributed by atoms with Gasteiger partial charge in [-0.05, 0) is 70.4 Å². The molecule has 6 heteroatoms. The van der Waals surface area contributed by atoms with E-state index in [2.05, 4.69) is 0 Å². The first kappa shape index (κ1) is 25.3. The van der Waals surface area contributed by atoms with Crippen LogP contribution in [0.5, 0.6) is 0 Å². The van der Waals surface area contributed by atoms with E-state index < -0.39 is 5.60 Å². The van der Waals surface area contributed by atoms with Crippen molar-refractivity contribution in [3.05, 3.63) is 34.4 Å². The van der Waals surface area contributed by atoms with Crippen molar-refractivity contribution >= 4 is 23.7 Å². The molecule has 1 amide bonds. The predicted molar refractivity (Wildman–Crippen MR) is 118 cm³/mol. The Balaban J connectivity index is 0.00000204. The van der Waals surface area contributed by atoms with Gasteiger partial charge in [-0.3, -0.25) is 0 Å². The van der Waals surface area contributed by atoms with Crippen LogP contribution < -0.4 is 0 Å². The summed E-state index contributed by atoms with van der Waals surface area (Å²) in [5, 5.41) is 0.653. The number of likely N-dealkylation sites (tertiary alicyclic amines) is 1. The topological polar surface area (TPSA) is 55.8 Å². The quantitative estimate of drug-likeness (QED) is 0.519. The molecule has 1 aliphatic heterocycles. The van der Waals surface area contributed by atoms with Gasteiger partial charge in [-0.2, -0.15) is 0 Å². The molecule has 0 spiro atoms. The van der Waals surface area contributed by atoms with Crippen molar-refractivity contribution < 1.29 is 19.1 Å². The van der Waals surface area contributed by atoms with Crippen molar-refractivity contribution in [2.75, 3.05) is 20.2 Å². The number of carbonyl (C=O) groups is 2. The van der Waals surface area contributed by atoms with E-state index in [1.807, 2.05) is 52.8 Å². The summed E-state index contributed by atoms with van der Waals surface area (Å²) < 4.78 is 10.4. The zero-order valence-electron chi connectivity index (χ0n) is 18.7. The third kappa shape index (κ3) is 8.65. The number of methoxy groups -OCH3 is 1. The summed E-state index contributed by atoms with van der Waals surface area (Å²) in [6, 6.07) is 0. The fourth-order valence-electron chi connectivity index (χ4n) is 3.35. The molecule has 0 aromatic rings. The normalized spacial score (nSPS) is 17.8. The first-order chi connectivity index (χ1) is 13.7. The molecule has 1 fully saturated rings. The Hall–Kier alpha value is -1.75. The number of rotatable bonds is 4. The van der Waals surface area contributed by atoms with Gasteiger partial charge in [0.15, 0.2) is 0 Å². The summed E-state index contributed by atoms with van der Waals surface area (Å²) in [7, 11) is 1.40. The maximum atomic E-state index is 12.2. The van der Waals surface area contributed by atoms with Crippen LogP contribution in [0.15, 0.2) is 34.4 Å². The zero-order valence-corrected chi connectivity index (χ0v) is 19.5. The fraction of sp³-hybridized carbons (Fsp3) is 0.652. The molecule has 0 N–H and O–H groups in total. The van der Waals surface area contributed by atoms with Gasteiger partial charge in [0.1, 0.15) is 5.60 Å². The first-order valence-electron chi connectivity index (χ1n) is 10.5. The smallest absolute Gasteiger partial charge is 0.410 e. The van der Waals surface area contributed by atoms with Gasteiger partial charge in [0, 0.05) is 18.1 Å². The highest BCUT2D eigenvalue weighted by atomic mass is 35.5. The number of nitrogens with zero attached hydrogens (tertiary/aromatic N) is 1. The second-order valence-corrected chi connectivity index (χ2v) is 8.49. The molecule has 0 aromatic carbocycles. The van der Waals surface area contributed by atoms with Gasteiger partial charge >= 0.3 is 12.1 Å². The largest absolute Gasteiger partial charge is 0.465 e. The summed E-state index contributed by atoms with van der Waals surface area (Å²) >= 11 is 6.20. The molecule has 0 atom stereocenters. The van der Waals surface area contributed by atoms with Crippen LogP contribution in [0.2, 0.25) is 0 Å². The summed E-state index contributed by atoms with van der Waals surface area (Å²) in [6.07, 6.45) is 9.61. The highest BCUT2D eigenvalue weighted by molar-refractivity contribution is 6.31. The Morgan fingerprint density at radius 2 is 1.79 bits per heavy atom. The van der Waals surface area contributed by atoms with Gasteiger partial charge in [0.2, 0.25) is 0 Å². The maximum Gasteiger partial charge on any atom is 0.410 e. The van der Waals surface area contributed by atoms with E-state index in [1.54, 1.807) is 4.90 Å². The van der Waals surface area contributed by atoms with Gasteiger partial charge in [-0.1, -0.05) is 37.6 Å². The van der Waals surface area contributed by atoms with Crippen LogP contribution in [0.4, 0.5) is 4.79 Å². The molecule has 1 saturated heterocycles. The number of ether oxygens (including phenoxy) is 2. The van der Waals surface area contributed by atoms with E-state index in [4.69, 9.17) is 21.1 Å². The molecule has 5 nitrogen and oxygen atoms in total. The number of hydrogen-bond acceptors (Lipinski definition) is 4. The van der Waals surface area contributed by atoms with Gasteiger partial charge in [-0.15, -0.1) is 0 Å². The highest BCUT2D eigenvalue weighted by Crippen LogP contribution is 2.30. The van der Waals surface area contributed by atoms with E-state index in [-0.39, 0.29) is 12.1 Å². The van der Waals surface area contributed by atoms with E-state index in [0.29, 0.717) is 36.0 Å². The average molecular weight is 426 g/mol. The third-order valence-electron chi connectivity index (χ3n) is 4.79. The second-order valence-electron chi connectivity index (χ2n) is 8.05. The number of carbonyl (C=O) groups excluding carboxylic acids is 2. The Labute approximate surface area is 180 Å². The van der Waals surface area contributed by atoms with E-state index in [0.717, 1.165) is 31.3 Å². The van der Waals surface area contributed by atoms with Crippen LogP contribution in [0.3, 0.4) is 0 Å². The molecule has 1 heterocycles. The molecule has 164 valence electrons. The zero-order chi connectivity index (χ0) is 22.0. The standard InChI is InChI=1S/C21H30ClNO4.C2H6/c1-21(2,3)27-20(25)23-12-10-15(11-13-23)8-9-16-14-17(22)6-5-7-18(16)19(24)26-4;1-2/h6-7,14-15H,5,8-13H2,1-4H3;1-2H3. The minimum absolute atomic E-state index is 0.236. The molecule has 2 rings (SSSR count). The van der Waals surface area contributed by atoms with E-state index in [9.17, 15) is 9.59 Å².